The van der Waals surface area contributed by atoms with E-state index in [1.165, 1.54) is 24.3 Å². The fourth-order valence-electron chi connectivity index (χ4n) is 0.747. The predicted octanol–water partition coefficient (Wildman–Crippen LogP) is 2.64. The van der Waals surface area contributed by atoms with Crippen molar-refractivity contribution in [3.8, 4) is 0 Å². The SMILES string of the molecule is [2H]C(O)(c1ccc(Cl)cc1)C(F)F. The molecule has 1 unspecified atom stereocenters. The minimum Gasteiger partial charge on any atom is -0.382 e. The third kappa shape index (κ3) is 2.16. The molecule has 1 N–H and O–H groups in total. The Morgan fingerprint density at radius 3 is 2.25 bits per heavy atom. The van der Waals surface area contributed by atoms with Gasteiger partial charge in [0.2, 0.25) is 0 Å². The third-order valence-electron chi connectivity index (χ3n) is 1.35. The maximum Gasteiger partial charge on any atom is 0.268 e. The number of hydrogen-bond acceptors (Lipinski definition) is 1. The molecule has 4 heteroatoms. The van der Waals surface area contributed by atoms with E-state index in [0.29, 0.717) is 5.02 Å². The zero-order valence-electron chi connectivity index (χ0n) is 6.97. The normalized spacial score (nSPS) is 17.2. The average molecular weight is 194 g/mol. The van der Waals surface area contributed by atoms with Crippen LogP contribution >= 0.6 is 11.6 Å². The molecule has 0 amide bonds. The van der Waals surface area contributed by atoms with Crippen LogP contribution in [-0.4, -0.2) is 11.5 Å². The first kappa shape index (κ1) is 7.95. The summed E-state index contributed by atoms with van der Waals surface area (Å²) < 4.78 is 31.2. The van der Waals surface area contributed by atoms with Crippen LogP contribution in [0.4, 0.5) is 8.78 Å². The molecule has 0 aliphatic heterocycles. The van der Waals surface area contributed by atoms with Crippen LogP contribution in [0.15, 0.2) is 24.3 Å². The first-order valence-electron chi connectivity index (χ1n) is 3.71. The minimum absolute atomic E-state index is 0.174. The van der Waals surface area contributed by atoms with Crippen molar-refractivity contribution in [1.82, 2.24) is 0 Å². The van der Waals surface area contributed by atoms with Crippen molar-refractivity contribution in [2.75, 3.05) is 0 Å². The van der Waals surface area contributed by atoms with Crippen molar-refractivity contribution in [3.05, 3.63) is 34.9 Å². The topological polar surface area (TPSA) is 20.2 Å². The summed E-state index contributed by atoms with van der Waals surface area (Å²) >= 11 is 5.51. The molecule has 0 aliphatic rings. The zero-order chi connectivity index (χ0) is 10.1. The summed E-state index contributed by atoms with van der Waals surface area (Å²) in [6, 6.07) is 5.08. The Labute approximate surface area is 75.0 Å². The first-order chi connectivity index (χ1) is 5.94. The summed E-state index contributed by atoms with van der Waals surface area (Å²) in [5, 5.41) is 9.40. The van der Waals surface area contributed by atoms with Gasteiger partial charge < -0.3 is 5.11 Å². The summed E-state index contributed by atoms with van der Waals surface area (Å²) in [6.45, 7) is 0. The lowest BCUT2D eigenvalue weighted by molar-refractivity contribution is -0.00577. The Kier molecular flexibility index (Phi) is 2.54. The summed E-state index contributed by atoms with van der Waals surface area (Å²) in [5.41, 5.74) is -0.174. The Morgan fingerprint density at radius 2 is 1.83 bits per heavy atom. The van der Waals surface area contributed by atoms with Gasteiger partial charge in [0, 0.05) is 5.02 Å². The fraction of sp³-hybridized carbons (Fsp3) is 0.250. The molecular weight excluding hydrogens is 186 g/mol. The van der Waals surface area contributed by atoms with Crippen molar-refractivity contribution in [1.29, 1.82) is 0 Å². The Morgan fingerprint density at radius 1 is 1.33 bits per heavy atom. The second-order valence-electron chi connectivity index (χ2n) is 2.19. The van der Waals surface area contributed by atoms with E-state index in [0.717, 1.165) is 0 Å². The number of alkyl halides is 2. The minimum atomic E-state index is -3.14. The maximum atomic E-state index is 12.1. The molecule has 0 bridgehead atoms. The quantitative estimate of drug-likeness (QED) is 0.766. The van der Waals surface area contributed by atoms with E-state index < -0.39 is 12.5 Å². The van der Waals surface area contributed by atoms with Crippen LogP contribution in [0.3, 0.4) is 0 Å². The van der Waals surface area contributed by atoms with Crippen LogP contribution in [-0.2, 0) is 0 Å². The summed E-state index contributed by atoms with van der Waals surface area (Å²) in [7, 11) is 0. The van der Waals surface area contributed by atoms with Crippen molar-refractivity contribution in [2.45, 2.75) is 12.5 Å². The number of rotatable bonds is 2. The number of benzene rings is 1. The van der Waals surface area contributed by atoms with Crippen molar-refractivity contribution >= 4 is 11.6 Å². The third-order valence-corrected chi connectivity index (χ3v) is 1.60. The molecule has 1 aromatic rings. The first-order valence-corrected chi connectivity index (χ1v) is 3.59. The van der Waals surface area contributed by atoms with E-state index in [9.17, 15) is 8.78 Å². The van der Waals surface area contributed by atoms with Gasteiger partial charge in [-0.2, -0.15) is 0 Å². The Balaban J connectivity index is 3.01. The molecule has 1 atom stereocenters. The van der Waals surface area contributed by atoms with Gasteiger partial charge in [0.1, 0.15) is 6.08 Å². The number of halogens is 3. The van der Waals surface area contributed by atoms with E-state index in [1.807, 2.05) is 0 Å². The summed E-state index contributed by atoms with van der Waals surface area (Å²) in [6.07, 6.45) is -6.00. The standard InChI is InChI=1S/C8H7ClF2O/c9-6-3-1-5(2-4-6)7(12)8(10)11/h1-4,7-8,12H/i7D. The number of aliphatic hydroxyl groups is 1. The lowest BCUT2D eigenvalue weighted by Gasteiger charge is -2.08. The highest BCUT2D eigenvalue weighted by molar-refractivity contribution is 6.30. The van der Waals surface area contributed by atoms with Crippen molar-refractivity contribution in [2.24, 2.45) is 0 Å². The molecule has 0 radical (unpaired) electrons. The van der Waals surface area contributed by atoms with Crippen molar-refractivity contribution in [3.63, 3.8) is 0 Å². The smallest absolute Gasteiger partial charge is 0.268 e. The van der Waals surface area contributed by atoms with E-state index >= 15 is 0 Å². The van der Waals surface area contributed by atoms with Gasteiger partial charge in [-0.25, -0.2) is 8.78 Å². The van der Waals surface area contributed by atoms with Gasteiger partial charge in [-0.05, 0) is 17.7 Å². The highest BCUT2D eigenvalue weighted by Crippen LogP contribution is 2.21. The fourth-order valence-corrected chi connectivity index (χ4v) is 0.873. The molecule has 0 saturated heterocycles. The molecule has 0 aromatic heterocycles. The zero-order valence-corrected chi connectivity index (χ0v) is 6.72. The van der Waals surface area contributed by atoms with E-state index in [4.69, 9.17) is 18.1 Å². The van der Waals surface area contributed by atoms with E-state index in [2.05, 4.69) is 0 Å². The maximum absolute atomic E-state index is 12.1. The Bertz CT molecular complexity index is 287. The van der Waals surface area contributed by atoms with Gasteiger partial charge in [0.05, 0.1) is 1.37 Å². The van der Waals surface area contributed by atoms with Crippen LogP contribution in [0.1, 0.15) is 13.0 Å². The molecule has 0 heterocycles. The molecule has 1 aromatic carbocycles. The van der Waals surface area contributed by atoms with Gasteiger partial charge in [0.25, 0.3) is 6.43 Å². The predicted molar refractivity (Wildman–Crippen MR) is 42.4 cm³/mol. The van der Waals surface area contributed by atoms with Gasteiger partial charge in [-0.1, -0.05) is 23.7 Å². The van der Waals surface area contributed by atoms with Crippen LogP contribution in [0.2, 0.25) is 5.02 Å². The largest absolute Gasteiger partial charge is 0.382 e. The molecular formula is C8H7ClF2O. The van der Waals surface area contributed by atoms with Crippen LogP contribution < -0.4 is 0 Å². The summed E-state index contributed by atoms with van der Waals surface area (Å²) in [5.74, 6) is 0. The number of hydrogen-bond donors (Lipinski definition) is 1. The van der Waals surface area contributed by atoms with Crippen molar-refractivity contribution < 1.29 is 15.3 Å². The monoisotopic (exact) mass is 193 g/mol. The second kappa shape index (κ2) is 3.83. The summed E-state index contributed by atoms with van der Waals surface area (Å²) in [4.78, 5) is 0. The molecule has 66 valence electrons. The van der Waals surface area contributed by atoms with Crippen LogP contribution in [0.5, 0.6) is 0 Å². The van der Waals surface area contributed by atoms with E-state index in [-0.39, 0.29) is 5.56 Å². The highest BCUT2D eigenvalue weighted by atomic mass is 35.5. The van der Waals surface area contributed by atoms with E-state index in [1.54, 1.807) is 0 Å². The lowest BCUT2D eigenvalue weighted by atomic mass is 10.1. The molecule has 0 aliphatic carbocycles. The lowest BCUT2D eigenvalue weighted by Crippen LogP contribution is -2.07. The second-order valence-corrected chi connectivity index (χ2v) is 2.63. The van der Waals surface area contributed by atoms with Gasteiger partial charge in [0.15, 0.2) is 0 Å². The van der Waals surface area contributed by atoms with Gasteiger partial charge >= 0.3 is 0 Å². The molecule has 0 spiro atoms. The molecule has 1 nitrogen and oxygen atoms in total. The Hall–Kier alpha value is -0.670. The average Bonchev–Trinajstić information content (AvgIpc) is 2.04. The highest BCUT2D eigenvalue weighted by Gasteiger charge is 2.18. The van der Waals surface area contributed by atoms with Crippen LogP contribution in [0, 0.1) is 0 Å². The molecule has 0 saturated carbocycles. The van der Waals surface area contributed by atoms with Gasteiger partial charge in [-0.3, -0.25) is 0 Å². The molecule has 0 fully saturated rings. The molecule has 1 rings (SSSR count). The van der Waals surface area contributed by atoms with Crippen LogP contribution in [0.25, 0.3) is 0 Å². The van der Waals surface area contributed by atoms with Gasteiger partial charge in [-0.15, -0.1) is 0 Å². The molecule has 12 heavy (non-hydrogen) atoms.